The van der Waals surface area contributed by atoms with Crippen molar-refractivity contribution in [1.82, 2.24) is 15.5 Å². The second kappa shape index (κ2) is 8.07. The van der Waals surface area contributed by atoms with Crippen LogP contribution in [0.15, 0.2) is 22.7 Å². The first-order valence-electron chi connectivity index (χ1n) is 7.21. The van der Waals surface area contributed by atoms with Gasteiger partial charge in [0, 0.05) is 31.2 Å². The topological polar surface area (TPSA) is 87.7 Å². The molecule has 0 aromatic heterocycles. The van der Waals surface area contributed by atoms with E-state index in [0.717, 1.165) is 4.47 Å². The fourth-order valence-corrected chi connectivity index (χ4v) is 2.60. The molecule has 1 aromatic carbocycles. The molecule has 1 aromatic rings. The third kappa shape index (κ3) is 4.29. The van der Waals surface area contributed by atoms with Crippen molar-refractivity contribution < 1.29 is 19.1 Å². The molecular formula is C15H18BrN3O4. The largest absolute Gasteiger partial charge is 0.383 e. The SMILES string of the molecule is COCCNC(=O)NCCCN1C(=O)c2ccc(Br)cc2C1=O. The lowest BCUT2D eigenvalue weighted by molar-refractivity contribution is 0.0653. The van der Waals surface area contributed by atoms with Crippen LogP contribution >= 0.6 is 15.9 Å². The quantitative estimate of drug-likeness (QED) is 0.549. The number of rotatable bonds is 7. The maximum absolute atomic E-state index is 12.2. The first kappa shape index (κ1) is 17.4. The van der Waals surface area contributed by atoms with Crippen LogP contribution in [0, 0.1) is 0 Å². The van der Waals surface area contributed by atoms with Gasteiger partial charge in [-0.25, -0.2) is 4.79 Å². The fraction of sp³-hybridized carbons (Fsp3) is 0.400. The fourth-order valence-electron chi connectivity index (χ4n) is 2.23. The van der Waals surface area contributed by atoms with Crippen LogP contribution in [-0.4, -0.2) is 56.1 Å². The minimum Gasteiger partial charge on any atom is -0.383 e. The van der Waals surface area contributed by atoms with Gasteiger partial charge in [-0.2, -0.15) is 0 Å². The Morgan fingerprint density at radius 3 is 2.61 bits per heavy atom. The summed E-state index contributed by atoms with van der Waals surface area (Å²) < 4.78 is 5.58. The van der Waals surface area contributed by atoms with Gasteiger partial charge in [0.1, 0.15) is 0 Å². The average molecular weight is 384 g/mol. The zero-order chi connectivity index (χ0) is 16.8. The predicted molar refractivity (Wildman–Crippen MR) is 87.4 cm³/mol. The molecule has 0 bridgehead atoms. The highest BCUT2D eigenvalue weighted by atomic mass is 79.9. The summed E-state index contributed by atoms with van der Waals surface area (Å²) in [6, 6.07) is 4.73. The van der Waals surface area contributed by atoms with Crippen LogP contribution in [0.4, 0.5) is 4.79 Å². The summed E-state index contributed by atoms with van der Waals surface area (Å²) in [5, 5.41) is 5.29. The number of methoxy groups -OCH3 is 1. The van der Waals surface area contributed by atoms with Gasteiger partial charge in [-0.15, -0.1) is 0 Å². The Balaban J connectivity index is 1.78. The van der Waals surface area contributed by atoms with E-state index in [1.807, 2.05) is 0 Å². The lowest BCUT2D eigenvalue weighted by atomic mass is 10.1. The molecule has 1 heterocycles. The summed E-state index contributed by atoms with van der Waals surface area (Å²) >= 11 is 3.29. The molecule has 4 amide bonds. The number of nitrogens with zero attached hydrogens (tertiary/aromatic N) is 1. The van der Waals surface area contributed by atoms with Crippen molar-refractivity contribution in [3.8, 4) is 0 Å². The van der Waals surface area contributed by atoms with Gasteiger partial charge in [0.25, 0.3) is 11.8 Å². The number of halogens is 1. The Morgan fingerprint density at radius 1 is 1.17 bits per heavy atom. The Bertz CT molecular complexity index is 621. The van der Waals surface area contributed by atoms with Gasteiger partial charge in [0.05, 0.1) is 17.7 Å². The molecule has 0 aliphatic carbocycles. The van der Waals surface area contributed by atoms with Crippen molar-refractivity contribution >= 4 is 33.8 Å². The van der Waals surface area contributed by atoms with Crippen LogP contribution in [0.2, 0.25) is 0 Å². The third-order valence-corrected chi connectivity index (χ3v) is 3.86. The number of urea groups is 1. The van der Waals surface area contributed by atoms with Crippen LogP contribution in [0.5, 0.6) is 0 Å². The molecule has 124 valence electrons. The lowest BCUT2D eigenvalue weighted by Crippen LogP contribution is -2.39. The van der Waals surface area contributed by atoms with Gasteiger partial charge in [-0.3, -0.25) is 14.5 Å². The van der Waals surface area contributed by atoms with Crippen molar-refractivity contribution in [1.29, 1.82) is 0 Å². The molecule has 23 heavy (non-hydrogen) atoms. The smallest absolute Gasteiger partial charge is 0.314 e. The summed E-state index contributed by atoms with van der Waals surface area (Å²) in [5.41, 5.74) is 0.832. The van der Waals surface area contributed by atoms with Gasteiger partial charge in [0.2, 0.25) is 0 Å². The maximum Gasteiger partial charge on any atom is 0.314 e. The number of fused-ring (bicyclic) bond motifs is 1. The van der Waals surface area contributed by atoms with Crippen molar-refractivity contribution in [3.05, 3.63) is 33.8 Å². The zero-order valence-corrected chi connectivity index (χ0v) is 14.3. The molecule has 0 atom stereocenters. The second-order valence-corrected chi connectivity index (χ2v) is 5.90. The number of ether oxygens (including phenoxy) is 1. The summed E-state index contributed by atoms with van der Waals surface area (Å²) in [6.45, 7) is 1.51. The number of amides is 4. The molecule has 2 rings (SSSR count). The molecule has 0 saturated heterocycles. The van der Waals surface area contributed by atoms with E-state index in [0.29, 0.717) is 37.2 Å². The molecule has 8 heteroatoms. The zero-order valence-electron chi connectivity index (χ0n) is 12.7. The van der Waals surface area contributed by atoms with Crippen LogP contribution in [0.3, 0.4) is 0 Å². The number of carbonyl (C=O) groups excluding carboxylic acids is 3. The highest BCUT2D eigenvalue weighted by Crippen LogP contribution is 2.25. The summed E-state index contributed by atoms with van der Waals surface area (Å²) in [4.78, 5) is 37.1. The standard InChI is InChI=1S/C15H18BrN3O4/c1-23-8-6-18-15(22)17-5-2-7-19-13(20)11-4-3-10(16)9-12(11)14(19)21/h3-4,9H,2,5-8H2,1H3,(H2,17,18,22). The molecule has 0 unspecified atom stereocenters. The van der Waals surface area contributed by atoms with Crippen LogP contribution in [0.25, 0.3) is 0 Å². The second-order valence-electron chi connectivity index (χ2n) is 4.98. The van der Waals surface area contributed by atoms with Crippen LogP contribution in [0.1, 0.15) is 27.1 Å². The van der Waals surface area contributed by atoms with Gasteiger partial charge in [-0.1, -0.05) is 15.9 Å². The van der Waals surface area contributed by atoms with Crippen LogP contribution in [-0.2, 0) is 4.74 Å². The molecule has 0 spiro atoms. The van der Waals surface area contributed by atoms with E-state index in [9.17, 15) is 14.4 Å². The van der Waals surface area contributed by atoms with Gasteiger partial charge in [0.15, 0.2) is 0 Å². The maximum atomic E-state index is 12.2. The van der Waals surface area contributed by atoms with Crippen molar-refractivity contribution in [2.24, 2.45) is 0 Å². The van der Waals surface area contributed by atoms with E-state index in [1.54, 1.807) is 25.3 Å². The summed E-state index contributed by atoms with van der Waals surface area (Å²) in [7, 11) is 1.56. The summed E-state index contributed by atoms with van der Waals surface area (Å²) in [6.07, 6.45) is 0.490. The Morgan fingerprint density at radius 2 is 1.87 bits per heavy atom. The van der Waals surface area contributed by atoms with Crippen molar-refractivity contribution in [3.63, 3.8) is 0 Å². The lowest BCUT2D eigenvalue weighted by Gasteiger charge is -2.14. The molecule has 7 nitrogen and oxygen atoms in total. The molecule has 2 N–H and O–H groups in total. The number of benzene rings is 1. The molecule has 0 fully saturated rings. The van der Waals surface area contributed by atoms with E-state index < -0.39 is 0 Å². The van der Waals surface area contributed by atoms with E-state index in [4.69, 9.17) is 4.74 Å². The highest BCUT2D eigenvalue weighted by Gasteiger charge is 2.34. The Hall–Kier alpha value is -1.93. The van der Waals surface area contributed by atoms with E-state index >= 15 is 0 Å². The van der Waals surface area contributed by atoms with Gasteiger partial charge in [-0.05, 0) is 24.6 Å². The number of nitrogens with one attached hydrogen (secondary N) is 2. The molecule has 1 aliphatic rings. The third-order valence-electron chi connectivity index (χ3n) is 3.37. The number of hydrogen-bond donors (Lipinski definition) is 2. The van der Waals surface area contributed by atoms with Crippen molar-refractivity contribution in [2.75, 3.05) is 33.4 Å². The number of hydrogen-bond acceptors (Lipinski definition) is 4. The van der Waals surface area contributed by atoms with E-state index in [1.165, 1.54) is 4.90 Å². The normalized spacial score (nSPS) is 13.2. The number of carbonyl (C=O) groups is 3. The molecule has 0 saturated carbocycles. The van der Waals surface area contributed by atoms with Crippen LogP contribution < -0.4 is 10.6 Å². The first-order chi connectivity index (χ1) is 11.0. The first-order valence-corrected chi connectivity index (χ1v) is 8.00. The monoisotopic (exact) mass is 383 g/mol. The van der Waals surface area contributed by atoms with E-state index in [2.05, 4.69) is 26.6 Å². The van der Waals surface area contributed by atoms with E-state index in [-0.39, 0.29) is 24.4 Å². The predicted octanol–water partition coefficient (Wildman–Crippen LogP) is 1.38. The highest BCUT2D eigenvalue weighted by molar-refractivity contribution is 9.10. The summed E-state index contributed by atoms with van der Waals surface area (Å²) in [5.74, 6) is -0.585. The minimum absolute atomic E-state index is 0.266. The molecule has 1 aliphatic heterocycles. The molecule has 0 radical (unpaired) electrons. The molecular weight excluding hydrogens is 366 g/mol. The average Bonchev–Trinajstić information content (AvgIpc) is 2.75. The number of imide groups is 1. The van der Waals surface area contributed by atoms with Gasteiger partial charge < -0.3 is 15.4 Å². The Kier molecular flexibility index (Phi) is 6.12. The Labute approximate surface area is 142 Å². The van der Waals surface area contributed by atoms with Crippen molar-refractivity contribution in [2.45, 2.75) is 6.42 Å². The van der Waals surface area contributed by atoms with Gasteiger partial charge >= 0.3 is 6.03 Å². The minimum atomic E-state index is -0.298.